The topological polar surface area (TPSA) is 68.4 Å². The van der Waals surface area contributed by atoms with Crippen molar-refractivity contribution in [3.05, 3.63) is 41.7 Å². The predicted molar refractivity (Wildman–Crippen MR) is 119 cm³/mol. The van der Waals surface area contributed by atoms with Crippen LogP contribution in [0.25, 0.3) is 5.65 Å². The molecular weight excluding hydrogens is 445 g/mol. The van der Waals surface area contributed by atoms with Crippen molar-refractivity contribution in [2.75, 3.05) is 24.6 Å². The summed E-state index contributed by atoms with van der Waals surface area (Å²) in [6, 6.07) is 5.48. The number of hydrogen-bond acceptors (Lipinski definition) is 6. The quantitative estimate of drug-likeness (QED) is 0.531. The zero-order chi connectivity index (χ0) is 23.4. The lowest BCUT2D eigenvalue weighted by molar-refractivity contribution is -0.153. The molecule has 3 aromatic heterocycles. The first-order valence-electron chi connectivity index (χ1n) is 12.0. The molecule has 7 nitrogen and oxygen atoms in total. The van der Waals surface area contributed by atoms with Crippen LogP contribution in [0, 0.1) is 24.7 Å². The Morgan fingerprint density at radius 2 is 1.82 bits per heavy atom. The molecule has 2 saturated carbocycles. The number of rotatable bonds is 6. The summed E-state index contributed by atoms with van der Waals surface area (Å²) in [5.74, 6) is 3.70. The van der Waals surface area contributed by atoms with E-state index < -0.39 is 12.8 Å². The number of fused-ring (bicyclic) bond motifs is 3. The summed E-state index contributed by atoms with van der Waals surface area (Å²) >= 11 is 0. The van der Waals surface area contributed by atoms with Crippen LogP contribution in [0.4, 0.5) is 19.0 Å². The second kappa shape index (κ2) is 8.09. The Bertz CT molecular complexity index is 1190. The first kappa shape index (κ1) is 21.6. The van der Waals surface area contributed by atoms with E-state index in [1.54, 1.807) is 16.9 Å². The highest BCUT2D eigenvalue weighted by Gasteiger charge is 2.43. The van der Waals surface area contributed by atoms with Crippen molar-refractivity contribution in [1.82, 2.24) is 24.6 Å². The second-order valence-electron chi connectivity index (χ2n) is 9.95. The number of piperidine rings is 1. The molecule has 10 heteroatoms. The average molecular weight is 473 g/mol. The number of ether oxygens (including phenoxy) is 1. The molecule has 34 heavy (non-hydrogen) atoms. The molecule has 3 fully saturated rings. The molecule has 0 aromatic carbocycles. The maximum atomic E-state index is 12.8. The lowest BCUT2D eigenvalue weighted by Crippen LogP contribution is -2.43. The average Bonchev–Trinajstić information content (AvgIpc) is 3.50. The molecule has 1 saturated heterocycles. The summed E-state index contributed by atoms with van der Waals surface area (Å²) in [4.78, 5) is 15.7. The number of pyridine rings is 1. The Balaban J connectivity index is 1.24. The van der Waals surface area contributed by atoms with Crippen LogP contribution in [0.2, 0.25) is 0 Å². The van der Waals surface area contributed by atoms with Gasteiger partial charge in [-0.1, -0.05) is 0 Å². The summed E-state index contributed by atoms with van der Waals surface area (Å²) < 4.78 is 45.1. The largest absolute Gasteiger partial charge is 0.480 e. The van der Waals surface area contributed by atoms with Gasteiger partial charge in [0, 0.05) is 42.9 Å². The third kappa shape index (κ3) is 4.18. The van der Waals surface area contributed by atoms with E-state index in [2.05, 4.69) is 19.9 Å². The van der Waals surface area contributed by atoms with Crippen LogP contribution < -0.4 is 9.64 Å². The highest BCUT2D eigenvalue weighted by atomic mass is 19.4. The highest BCUT2D eigenvalue weighted by molar-refractivity contribution is 5.55. The van der Waals surface area contributed by atoms with Gasteiger partial charge in [0.15, 0.2) is 23.8 Å². The van der Waals surface area contributed by atoms with Crippen molar-refractivity contribution in [3.8, 4) is 5.75 Å². The van der Waals surface area contributed by atoms with Gasteiger partial charge in [-0.15, -0.1) is 0 Å². The van der Waals surface area contributed by atoms with E-state index in [1.165, 1.54) is 0 Å². The number of aromatic nitrogens is 5. The van der Waals surface area contributed by atoms with Crippen molar-refractivity contribution in [3.63, 3.8) is 0 Å². The molecule has 0 amide bonds. The molecule has 3 aliphatic rings. The number of anilines is 1. The number of aryl methyl sites for hydroxylation is 1. The summed E-state index contributed by atoms with van der Waals surface area (Å²) in [7, 11) is 0. The van der Waals surface area contributed by atoms with E-state index in [4.69, 9.17) is 9.84 Å². The van der Waals surface area contributed by atoms with Crippen molar-refractivity contribution in [1.29, 1.82) is 0 Å². The lowest BCUT2D eigenvalue weighted by Gasteiger charge is -2.38. The van der Waals surface area contributed by atoms with E-state index in [0.29, 0.717) is 35.1 Å². The van der Waals surface area contributed by atoms with Crippen molar-refractivity contribution < 1.29 is 17.9 Å². The number of halogens is 3. The summed E-state index contributed by atoms with van der Waals surface area (Å²) in [5.41, 5.74) is 2.36. The highest BCUT2D eigenvalue weighted by Crippen LogP contribution is 2.45. The fourth-order valence-corrected chi connectivity index (χ4v) is 5.73. The van der Waals surface area contributed by atoms with Crippen molar-refractivity contribution in [2.24, 2.45) is 17.8 Å². The Hall–Kier alpha value is -2.91. The molecule has 2 bridgehead atoms. The first-order chi connectivity index (χ1) is 16.3. The Kier molecular flexibility index (Phi) is 5.14. The van der Waals surface area contributed by atoms with Crippen LogP contribution >= 0.6 is 0 Å². The van der Waals surface area contributed by atoms with Gasteiger partial charge in [0.1, 0.15) is 12.1 Å². The molecule has 180 valence electrons. The molecule has 1 unspecified atom stereocenters. The Labute approximate surface area is 195 Å². The van der Waals surface area contributed by atoms with E-state index in [0.717, 1.165) is 62.4 Å². The van der Waals surface area contributed by atoms with Gasteiger partial charge in [0.05, 0.1) is 0 Å². The molecule has 1 aliphatic heterocycles. The maximum Gasteiger partial charge on any atom is 0.422 e. The van der Waals surface area contributed by atoms with Gasteiger partial charge in [-0.05, 0) is 62.5 Å². The van der Waals surface area contributed by atoms with Crippen LogP contribution in [-0.4, -0.2) is 50.4 Å². The summed E-state index contributed by atoms with van der Waals surface area (Å²) in [6.07, 6.45) is 2.42. The van der Waals surface area contributed by atoms with E-state index in [9.17, 15) is 13.2 Å². The molecule has 3 atom stereocenters. The number of nitrogens with zero attached hydrogens (tertiary/aromatic N) is 6. The zero-order valence-electron chi connectivity index (χ0n) is 19.0. The number of alkyl halides is 3. The third-order valence-corrected chi connectivity index (χ3v) is 7.47. The fraction of sp³-hybridized carbons (Fsp3) is 0.583. The van der Waals surface area contributed by atoms with Crippen LogP contribution in [0.15, 0.2) is 24.5 Å². The van der Waals surface area contributed by atoms with Gasteiger partial charge in [-0.2, -0.15) is 18.3 Å². The van der Waals surface area contributed by atoms with Gasteiger partial charge in [0.25, 0.3) is 0 Å². The molecule has 0 radical (unpaired) electrons. The van der Waals surface area contributed by atoms with Crippen LogP contribution in [0.1, 0.15) is 48.8 Å². The minimum absolute atomic E-state index is 0.136. The van der Waals surface area contributed by atoms with Crippen LogP contribution in [-0.2, 0) is 6.42 Å². The summed E-state index contributed by atoms with van der Waals surface area (Å²) in [5, 5.41) is 4.77. The molecule has 0 N–H and O–H groups in total. The SMILES string of the molecule is Cc1cc(N2C[C@H]3CC[C@@H](C2)C3Cc2nc3c(OCC(F)(F)F)ccc(C4CC4)n3n2)ncn1. The van der Waals surface area contributed by atoms with Crippen LogP contribution in [0.3, 0.4) is 0 Å². The normalized spacial score (nSPS) is 24.7. The van der Waals surface area contributed by atoms with E-state index >= 15 is 0 Å². The standard InChI is InChI=1S/C24H27F3N6O/c1-14-8-22(29-13-28-14)32-10-16-4-5-17(11-32)18(16)9-21-30-23-20(34-12-24(25,26)27)7-6-19(15-2-3-15)33(23)31-21/h6-8,13,15-18H,2-5,9-12H2,1H3/t16-,17+,18?. The second-order valence-corrected chi connectivity index (χ2v) is 9.95. The lowest BCUT2D eigenvalue weighted by atomic mass is 9.82. The fourth-order valence-electron chi connectivity index (χ4n) is 5.73. The monoisotopic (exact) mass is 472 g/mol. The first-order valence-corrected chi connectivity index (χ1v) is 12.0. The molecule has 4 heterocycles. The minimum atomic E-state index is -4.40. The van der Waals surface area contributed by atoms with Gasteiger partial charge in [0.2, 0.25) is 0 Å². The smallest absolute Gasteiger partial charge is 0.422 e. The van der Waals surface area contributed by atoms with E-state index in [-0.39, 0.29) is 5.75 Å². The maximum absolute atomic E-state index is 12.8. The molecule has 0 spiro atoms. The summed E-state index contributed by atoms with van der Waals surface area (Å²) in [6.45, 7) is 2.53. The van der Waals surface area contributed by atoms with Gasteiger partial charge in [-0.25, -0.2) is 19.5 Å². The zero-order valence-corrected chi connectivity index (χ0v) is 19.0. The van der Waals surface area contributed by atoms with Crippen molar-refractivity contribution >= 4 is 11.5 Å². The molecule has 2 aliphatic carbocycles. The Morgan fingerprint density at radius 3 is 2.50 bits per heavy atom. The van der Waals surface area contributed by atoms with E-state index in [1.807, 2.05) is 19.1 Å². The molecule has 6 rings (SSSR count). The predicted octanol–water partition coefficient (Wildman–Crippen LogP) is 4.35. The van der Waals surface area contributed by atoms with Gasteiger partial charge >= 0.3 is 6.18 Å². The van der Waals surface area contributed by atoms with Gasteiger partial charge < -0.3 is 9.64 Å². The van der Waals surface area contributed by atoms with Crippen LogP contribution in [0.5, 0.6) is 5.75 Å². The number of hydrogen-bond donors (Lipinski definition) is 0. The minimum Gasteiger partial charge on any atom is -0.480 e. The molecule has 3 aromatic rings. The van der Waals surface area contributed by atoms with Gasteiger partial charge in [-0.3, -0.25) is 0 Å². The molecular formula is C24H27F3N6O. The third-order valence-electron chi connectivity index (χ3n) is 7.47. The van der Waals surface area contributed by atoms with Crippen molar-refractivity contribution in [2.45, 2.75) is 51.1 Å². The Morgan fingerprint density at radius 1 is 1.06 bits per heavy atom.